The summed E-state index contributed by atoms with van der Waals surface area (Å²) in [6.45, 7) is 0.553. The zero-order valence-electron chi connectivity index (χ0n) is 9.03. The number of benzene rings is 1. The number of hydrogen-bond donors (Lipinski definition) is 1. The summed E-state index contributed by atoms with van der Waals surface area (Å²) in [4.78, 5) is 11.2. The molecule has 1 N–H and O–H groups in total. The van der Waals surface area contributed by atoms with Crippen LogP contribution in [0.5, 0.6) is 0 Å². The second-order valence-corrected chi connectivity index (χ2v) is 4.89. The lowest BCUT2D eigenvalue weighted by Crippen LogP contribution is -2.29. The third-order valence-corrected chi connectivity index (χ3v) is 3.48. The van der Waals surface area contributed by atoms with Gasteiger partial charge in [0.1, 0.15) is 0 Å². The van der Waals surface area contributed by atoms with Crippen molar-refractivity contribution in [2.45, 2.75) is 18.9 Å². The molecule has 2 rings (SSSR count). The average molecular weight is 275 g/mol. The minimum Gasteiger partial charge on any atom is -0.481 e. The van der Waals surface area contributed by atoms with E-state index >= 15 is 0 Å². The minimum atomic E-state index is -0.856. The molecule has 17 heavy (non-hydrogen) atoms. The SMILES string of the molecule is O=C(O)C1CCCOC1c1cc(Cl)ccc1Cl. The lowest BCUT2D eigenvalue weighted by molar-refractivity contribution is -0.151. The van der Waals surface area contributed by atoms with Crippen LogP contribution in [-0.2, 0) is 9.53 Å². The van der Waals surface area contributed by atoms with E-state index in [1.165, 1.54) is 0 Å². The first-order valence-electron chi connectivity index (χ1n) is 5.39. The van der Waals surface area contributed by atoms with Gasteiger partial charge in [-0.15, -0.1) is 0 Å². The van der Waals surface area contributed by atoms with Gasteiger partial charge in [-0.2, -0.15) is 0 Å². The van der Waals surface area contributed by atoms with Gasteiger partial charge in [0.2, 0.25) is 0 Å². The fraction of sp³-hybridized carbons (Fsp3) is 0.417. The number of ether oxygens (including phenoxy) is 1. The van der Waals surface area contributed by atoms with E-state index in [0.717, 1.165) is 6.42 Å². The summed E-state index contributed by atoms with van der Waals surface area (Å²) in [6, 6.07) is 5.01. The molecule has 5 heteroatoms. The van der Waals surface area contributed by atoms with Gasteiger partial charge in [0, 0.05) is 22.2 Å². The maximum Gasteiger partial charge on any atom is 0.309 e. The van der Waals surface area contributed by atoms with Gasteiger partial charge in [0.05, 0.1) is 12.0 Å². The van der Waals surface area contributed by atoms with Crippen LogP contribution in [-0.4, -0.2) is 17.7 Å². The second kappa shape index (κ2) is 5.25. The van der Waals surface area contributed by atoms with Crippen LogP contribution in [0.25, 0.3) is 0 Å². The second-order valence-electron chi connectivity index (χ2n) is 4.04. The maximum atomic E-state index is 11.2. The van der Waals surface area contributed by atoms with Gasteiger partial charge in [-0.3, -0.25) is 4.79 Å². The monoisotopic (exact) mass is 274 g/mol. The first-order chi connectivity index (χ1) is 8.09. The van der Waals surface area contributed by atoms with E-state index in [1.807, 2.05) is 0 Å². The molecule has 0 spiro atoms. The van der Waals surface area contributed by atoms with E-state index < -0.39 is 18.0 Å². The van der Waals surface area contributed by atoms with Gasteiger partial charge in [-0.05, 0) is 31.0 Å². The largest absolute Gasteiger partial charge is 0.481 e. The molecule has 1 aromatic rings. The number of hydrogen-bond acceptors (Lipinski definition) is 2. The van der Waals surface area contributed by atoms with Crippen LogP contribution in [0.2, 0.25) is 10.0 Å². The smallest absolute Gasteiger partial charge is 0.309 e. The Bertz CT molecular complexity index is 434. The van der Waals surface area contributed by atoms with Gasteiger partial charge in [-0.1, -0.05) is 23.2 Å². The number of rotatable bonds is 2. The van der Waals surface area contributed by atoms with E-state index in [2.05, 4.69) is 0 Å². The Morgan fingerprint density at radius 2 is 2.18 bits per heavy atom. The quantitative estimate of drug-likeness (QED) is 0.897. The molecule has 1 fully saturated rings. The summed E-state index contributed by atoms with van der Waals surface area (Å²) in [5.41, 5.74) is 0.659. The van der Waals surface area contributed by atoms with E-state index in [9.17, 15) is 9.90 Å². The molecule has 0 aliphatic carbocycles. The maximum absolute atomic E-state index is 11.2. The molecule has 1 aliphatic heterocycles. The Kier molecular flexibility index (Phi) is 3.92. The van der Waals surface area contributed by atoms with Crippen LogP contribution in [0, 0.1) is 5.92 Å². The van der Waals surface area contributed by atoms with Crippen molar-refractivity contribution < 1.29 is 14.6 Å². The van der Waals surface area contributed by atoms with Crippen molar-refractivity contribution >= 4 is 29.2 Å². The summed E-state index contributed by atoms with van der Waals surface area (Å²) < 4.78 is 5.55. The molecule has 1 aliphatic rings. The van der Waals surface area contributed by atoms with Crippen LogP contribution in [0.3, 0.4) is 0 Å². The third kappa shape index (κ3) is 2.73. The first kappa shape index (κ1) is 12.7. The normalized spacial score (nSPS) is 24.6. The summed E-state index contributed by atoms with van der Waals surface area (Å²) >= 11 is 12.0. The fourth-order valence-corrected chi connectivity index (χ4v) is 2.48. The molecule has 3 nitrogen and oxygen atoms in total. The van der Waals surface area contributed by atoms with Gasteiger partial charge in [0.25, 0.3) is 0 Å². The van der Waals surface area contributed by atoms with Crippen LogP contribution in [0.4, 0.5) is 0 Å². The number of halogens is 2. The Labute approximate surface area is 109 Å². The number of carbonyl (C=O) groups is 1. The minimum absolute atomic E-state index is 0.493. The molecule has 1 aromatic carbocycles. The molecule has 1 saturated heterocycles. The van der Waals surface area contributed by atoms with Crippen LogP contribution >= 0.6 is 23.2 Å². The summed E-state index contributed by atoms with van der Waals surface area (Å²) in [7, 11) is 0. The Balaban J connectivity index is 2.35. The van der Waals surface area contributed by atoms with Crippen LogP contribution in [0.1, 0.15) is 24.5 Å². The molecular formula is C12H12Cl2O3. The lowest BCUT2D eigenvalue weighted by atomic mass is 9.89. The van der Waals surface area contributed by atoms with Crippen molar-refractivity contribution in [3.63, 3.8) is 0 Å². The van der Waals surface area contributed by atoms with Crippen LogP contribution in [0.15, 0.2) is 18.2 Å². The molecule has 92 valence electrons. The fourth-order valence-electron chi connectivity index (χ4n) is 2.07. The van der Waals surface area contributed by atoms with Crippen molar-refractivity contribution in [2.75, 3.05) is 6.61 Å². The average Bonchev–Trinajstić information content (AvgIpc) is 2.32. The van der Waals surface area contributed by atoms with Gasteiger partial charge in [-0.25, -0.2) is 0 Å². The molecular weight excluding hydrogens is 263 g/mol. The zero-order chi connectivity index (χ0) is 12.4. The molecule has 0 bridgehead atoms. The predicted octanol–water partition coefficient (Wildman–Crippen LogP) is 3.55. The summed E-state index contributed by atoms with van der Waals surface area (Å²) in [5.74, 6) is -1.41. The Morgan fingerprint density at radius 1 is 1.41 bits per heavy atom. The third-order valence-electron chi connectivity index (χ3n) is 2.90. The first-order valence-corrected chi connectivity index (χ1v) is 6.14. The van der Waals surface area contributed by atoms with E-state index in [1.54, 1.807) is 18.2 Å². The van der Waals surface area contributed by atoms with Gasteiger partial charge >= 0.3 is 5.97 Å². The number of carboxylic acids is 1. The van der Waals surface area contributed by atoms with Crippen molar-refractivity contribution in [1.29, 1.82) is 0 Å². The standard InChI is InChI=1S/C12H12Cl2O3/c13-7-3-4-10(14)9(6-7)11-8(12(15)16)2-1-5-17-11/h3-4,6,8,11H,1-2,5H2,(H,15,16). The topological polar surface area (TPSA) is 46.5 Å². The Morgan fingerprint density at radius 3 is 2.88 bits per heavy atom. The molecule has 0 aromatic heterocycles. The highest BCUT2D eigenvalue weighted by molar-refractivity contribution is 6.33. The zero-order valence-corrected chi connectivity index (χ0v) is 10.5. The van der Waals surface area contributed by atoms with Crippen molar-refractivity contribution in [3.8, 4) is 0 Å². The number of carboxylic acid groups (broad SMARTS) is 1. The number of aliphatic carboxylic acids is 1. The van der Waals surface area contributed by atoms with Crippen molar-refractivity contribution in [1.82, 2.24) is 0 Å². The van der Waals surface area contributed by atoms with E-state index in [0.29, 0.717) is 28.6 Å². The lowest BCUT2D eigenvalue weighted by Gasteiger charge is -2.29. The van der Waals surface area contributed by atoms with Gasteiger partial charge < -0.3 is 9.84 Å². The Hall–Kier alpha value is -0.770. The highest BCUT2D eigenvalue weighted by Crippen LogP contribution is 2.38. The van der Waals surface area contributed by atoms with Crippen LogP contribution < -0.4 is 0 Å². The molecule has 2 atom stereocenters. The molecule has 0 amide bonds. The summed E-state index contributed by atoms with van der Waals surface area (Å²) in [6.07, 6.45) is 0.849. The predicted molar refractivity (Wildman–Crippen MR) is 65.5 cm³/mol. The molecule has 0 saturated carbocycles. The molecule has 1 heterocycles. The summed E-state index contributed by atoms with van der Waals surface area (Å²) in [5, 5.41) is 10.2. The van der Waals surface area contributed by atoms with E-state index in [-0.39, 0.29) is 0 Å². The molecule has 2 unspecified atom stereocenters. The van der Waals surface area contributed by atoms with E-state index in [4.69, 9.17) is 27.9 Å². The highest BCUT2D eigenvalue weighted by atomic mass is 35.5. The molecule has 0 radical (unpaired) electrons. The van der Waals surface area contributed by atoms with Crippen molar-refractivity contribution in [2.24, 2.45) is 5.92 Å². The highest BCUT2D eigenvalue weighted by Gasteiger charge is 2.34. The van der Waals surface area contributed by atoms with Crippen molar-refractivity contribution in [3.05, 3.63) is 33.8 Å². The van der Waals surface area contributed by atoms with Gasteiger partial charge in [0.15, 0.2) is 0 Å².